The quantitative estimate of drug-likeness (QED) is 0.631. The number of carbonyl (C=O) groups excluding carboxylic acids is 1. The summed E-state index contributed by atoms with van der Waals surface area (Å²) in [4.78, 5) is 23.9. The van der Waals surface area contributed by atoms with Crippen molar-refractivity contribution in [3.05, 3.63) is 35.9 Å². The zero-order valence-electron chi connectivity index (χ0n) is 12.1. The van der Waals surface area contributed by atoms with E-state index >= 15 is 0 Å². The van der Waals surface area contributed by atoms with Crippen LogP contribution in [-0.4, -0.2) is 29.2 Å². The topological polar surface area (TPSA) is 89.6 Å². The van der Waals surface area contributed by atoms with Gasteiger partial charge in [0.2, 0.25) is 0 Å². The van der Waals surface area contributed by atoms with Gasteiger partial charge in [-0.3, -0.25) is 9.59 Å². The zero-order valence-corrected chi connectivity index (χ0v) is 12.1. The standard InChI is InChI=1S/C15H21NO4/c1-14(2,3)20-13(19)15(10-16,12(17)18)9-11-7-5-4-6-8-11/h4-8H,9-10,16H2,1-3H3,(H,17,18)/t15-/m0/s1. The Kier molecular flexibility index (Phi) is 4.89. The van der Waals surface area contributed by atoms with E-state index in [1.54, 1.807) is 45.0 Å². The van der Waals surface area contributed by atoms with E-state index in [1.807, 2.05) is 6.07 Å². The third-order valence-electron chi connectivity index (χ3n) is 2.90. The summed E-state index contributed by atoms with van der Waals surface area (Å²) in [7, 11) is 0. The van der Waals surface area contributed by atoms with E-state index < -0.39 is 23.0 Å². The average Bonchev–Trinajstić information content (AvgIpc) is 2.34. The molecule has 20 heavy (non-hydrogen) atoms. The maximum atomic E-state index is 12.3. The largest absolute Gasteiger partial charge is 0.480 e. The second-order valence-corrected chi connectivity index (χ2v) is 5.76. The van der Waals surface area contributed by atoms with Gasteiger partial charge in [0.15, 0.2) is 5.41 Å². The van der Waals surface area contributed by atoms with E-state index in [4.69, 9.17) is 10.5 Å². The number of aliphatic carboxylic acids is 1. The minimum absolute atomic E-state index is 0.00852. The zero-order chi connectivity index (χ0) is 15.4. The molecule has 0 bridgehead atoms. The van der Waals surface area contributed by atoms with Crippen molar-refractivity contribution >= 4 is 11.9 Å². The van der Waals surface area contributed by atoms with Crippen LogP contribution in [0.2, 0.25) is 0 Å². The predicted octanol–water partition coefficient (Wildman–Crippen LogP) is 1.60. The molecular formula is C15H21NO4. The van der Waals surface area contributed by atoms with Gasteiger partial charge in [-0.25, -0.2) is 0 Å². The van der Waals surface area contributed by atoms with Crippen molar-refractivity contribution in [2.24, 2.45) is 11.1 Å². The molecule has 1 atom stereocenters. The summed E-state index contributed by atoms with van der Waals surface area (Å²) >= 11 is 0. The number of esters is 1. The molecule has 1 aromatic carbocycles. The maximum absolute atomic E-state index is 12.3. The minimum Gasteiger partial charge on any atom is -0.480 e. The first-order chi connectivity index (χ1) is 9.21. The first-order valence-corrected chi connectivity index (χ1v) is 6.42. The molecule has 0 amide bonds. The first kappa shape index (κ1) is 16.2. The Morgan fingerprint density at radius 2 is 1.75 bits per heavy atom. The highest BCUT2D eigenvalue weighted by molar-refractivity contribution is 6.00. The minimum atomic E-state index is -1.76. The molecule has 110 valence electrons. The lowest BCUT2D eigenvalue weighted by molar-refractivity contribution is -0.176. The van der Waals surface area contributed by atoms with Crippen molar-refractivity contribution in [2.45, 2.75) is 32.8 Å². The van der Waals surface area contributed by atoms with Crippen molar-refractivity contribution < 1.29 is 19.4 Å². The molecule has 0 aliphatic heterocycles. The SMILES string of the molecule is CC(C)(C)OC(=O)[C@](CN)(Cc1ccccc1)C(=O)O. The second kappa shape index (κ2) is 6.05. The van der Waals surface area contributed by atoms with Gasteiger partial charge in [-0.05, 0) is 26.3 Å². The number of ether oxygens (including phenoxy) is 1. The maximum Gasteiger partial charge on any atom is 0.325 e. The summed E-state index contributed by atoms with van der Waals surface area (Å²) < 4.78 is 5.23. The summed E-state index contributed by atoms with van der Waals surface area (Å²) in [5, 5.41) is 9.47. The van der Waals surface area contributed by atoms with Crippen molar-refractivity contribution in [1.29, 1.82) is 0 Å². The lowest BCUT2D eigenvalue weighted by atomic mass is 9.81. The highest BCUT2D eigenvalue weighted by atomic mass is 16.6. The van der Waals surface area contributed by atoms with Gasteiger partial charge < -0.3 is 15.6 Å². The third kappa shape index (κ3) is 3.81. The Morgan fingerprint density at radius 1 is 1.20 bits per heavy atom. The van der Waals surface area contributed by atoms with Gasteiger partial charge >= 0.3 is 11.9 Å². The van der Waals surface area contributed by atoms with Crippen LogP contribution in [0.1, 0.15) is 26.3 Å². The molecule has 0 aliphatic carbocycles. The molecule has 0 spiro atoms. The fraction of sp³-hybridized carbons (Fsp3) is 0.467. The number of carbonyl (C=O) groups is 2. The van der Waals surface area contributed by atoms with E-state index in [0.29, 0.717) is 0 Å². The van der Waals surface area contributed by atoms with E-state index in [1.165, 1.54) is 0 Å². The van der Waals surface area contributed by atoms with Crippen LogP contribution < -0.4 is 5.73 Å². The lowest BCUT2D eigenvalue weighted by Gasteiger charge is -2.30. The number of carboxylic acids is 1. The van der Waals surface area contributed by atoms with Crippen molar-refractivity contribution in [1.82, 2.24) is 0 Å². The van der Waals surface area contributed by atoms with Gasteiger partial charge in [0.25, 0.3) is 0 Å². The van der Waals surface area contributed by atoms with Crippen LogP contribution in [0.3, 0.4) is 0 Å². The van der Waals surface area contributed by atoms with E-state index in [2.05, 4.69) is 0 Å². The van der Waals surface area contributed by atoms with Crippen molar-refractivity contribution in [3.63, 3.8) is 0 Å². The van der Waals surface area contributed by atoms with Gasteiger partial charge in [-0.15, -0.1) is 0 Å². The average molecular weight is 279 g/mol. The number of nitrogens with two attached hydrogens (primary N) is 1. The van der Waals surface area contributed by atoms with Crippen LogP contribution >= 0.6 is 0 Å². The molecule has 0 saturated carbocycles. The smallest absolute Gasteiger partial charge is 0.325 e. The summed E-state index contributed by atoms with van der Waals surface area (Å²) in [6.07, 6.45) is 0.00852. The molecule has 0 unspecified atom stereocenters. The van der Waals surface area contributed by atoms with Crippen LogP contribution in [0.15, 0.2) is 30.3 Å². The van der Waals surface area contributed by atoms with Gasteiger partial charge in [-0.1, -0.05) is 30.3 Å². The normalized spacial score (nSPS) is 14.4. The fourth-order valence-corrected chi connectivity index (χ4v) is 1.80. The van der Waals surface area contributed by atoms with Crippen molar-refractivity contribution in [3.8, 4) is 0 Å². The summed E-state index contributed by atoms with van der Waals surface area (Å²) in [5.41, 5.74) is 3.81. The molecule has 0 heterocycles. The molecule has 0 aromatic heterocycles. The molecule has 3 N–H and O–H groups in total. The Hall–Kier alpha value is -1.88. The molecule has 1 rings (SSSR count). The predicted molar refractivity (Wildman–Crippen MR) is 75.1 cm³/mol. The Labute approximate surface area is 118 Å². The summed E-state index contributed by atoms with van der Waals surface area (Å²) in [6, 6.07) is 8.92. The van der Waals surface area contributed by atoms with Crippen LogP contribution in [0.5, 0.6) is 0 Å². The Morgan fingerprint density at radius 3 is 2.15 bits per heavy atom. The first-order valence-electron chi connectivity index (χ1n) is 6.42. The number of hydrogen-bond donors (Lipinski definition) is 2. The molecule has 5 heteroatoms. The molecular weight excluding hydrogens is 258 g/mol. The Bertz CT molecular complexity index is 478. The van der Waals surface area contributed by atoms with Crippen LogP contribution in [0.4, 0.5) is 0 Å². The number of hydrogen-bond acceptors (Lipinski definition) is 4. The van der Waals surface area contributed by atoms with Gasteiger partial charge in [-0.2, -0.15) is 0 Å². The fourth-order valence-electron chi connectivity index (χ4n) is 1.80. The van der Waals surface area contributed by atoms with Crippen LogP contribution in [0, 0.1) is 5.41 Å². The van der Waals surface area contributed by atoms with E-state index in [0.717, 1.165) is 5.56 Å². The second-order valence-electron chi connectivity index (χ2n) is 5.76. The highest BCUT2D eigenvalue weighted by Crippen LogP contribution is 2.27. The number of benzene rings is 1. The molecule has 0 aliphatic rings. The number of carboxylic acid groups (broad SMARTS) is 1. The number of rotatable bonds is 5. The molecule has 0 saturated heterocycles. The molecule has 0 fully saturated rings. The Balaban J connectivity index is 3.10. The molecule has 5 nitrogen and oxygen atoms in total. The summed E-state index contributed by atoms with van der Waals surface area (Å²) in [6.45, 7) is 4.76. The lowest BCUT2D eigenvalue weighted by Crippen LogP contribution is -2.50. The monoisotopic (exact) mass is 279 g/mol. The van der Waals surface area contributed by atoms with Crippen LogP contribution in [0.25, 0.3) is 0 Å². The third-order valence-corrected chi connectivity index (χ3v) is 2.90. The molecule has 0 radical (unpaired) electrons. The van der Waals surface area contributed by atoms with E-state index in [-0.39, 0.29) is 13.0 Å². The highest BCUT2D eigenvalue weighted by Gasteiger charge is 2.48. The summed E-state index contributed by atoms with van der Waals surface area (Å²) in [5.74, 6) is -2.07. The van der Waals surface area contributed by atoms with Gasteiger partial charge in [0.1, 0.15) is 5.60 Å². The molecule has 1 aromatic rings. The van der Waals surface area contributed by atoms with E-state index in [9.17, 15) is 14.7 Å². The van der Waals surface area contributed by atoms with Gasteiger partial charge in [0.05, 0.1) is 0 Å². The van der Waals surface area contributed by atoms with Crippen LogP contribution in [-0.2, 0) is 20.7 Å². The van der Waals surface area contributed by atoms with Gasteiger partial charge in [0, 0.05) is 13.0 Å². The van der Waals surface area contributed by atoms with Crippen molar-refractivity contribution in [2.75, 3.05) is 6.54 Å².